The zero-order valence-corrected chi connectivity index (χ0v) is 18.1. The molecular weight excluding hydrogens is 441 g/mol. The standard InChI is InChI=1S/C23H15Cl2NO3S/c1-29-15-9-6-13(7-10-15)22(28)26-23-20(14-8-11-17(24)18(25)12-14)21(27)16-4-2-3-5-19(16)30-23/h2-12H,1H3,(H,26,28). The lowest BCUT2D eigenvalue weighted by Gasteiger charge is -2.13. The highest BCUT2D eigenvalue weighted by Crippen LogP contribution is 2.36. The Bertz CT molecular complexity index is 1320. The Kier molecular flexibility index (Phi) is 5.77. The van der Waals surface area contributed by atoms with Crippen LogP contribution in [0.2, 0.25) is 10.0 Å². The van der Waals surface area contributed by atoms with Crippen LogP contribution in [0, 0.1) is 0 Å². The lowest BCUT2D eigenvalue weighted by molar-refractivity contribution is 0.102. The molecule has 1 aromatic heterocycles. The van der Waals surface area contributed by atoms with Crippen molar-refractivity contribution in [2.45, 2.75) is 0 Å². The molecule has 0 fully saturated rings. The second-order valence-corrected chi connectivity index (χ2v) is 8.31. The van der Waals surface area contributed by atoms with Crippen LogP contribution < -0.4 is 15.5 Å². The number of carbonyl (C=O) groups excluding carboxylic acids is 1. The molecule has 150 valence electrons. The molecule has 4 rings (SSSR count). The third-order valence-electron chi connectivity index (χ3n) is 4.59. The molecule has 1 amide bonds. The van der Waals surface area contributed by atoms with Gasteiger partial charge in [-0.15, -0.1) is 11.3 Å². The Morgan fingerprint density at radius 3 is 2.40 bits per heavy atom. The van der Waals surface area contributed by atoms with E-state index in [1.54, 1.807) is 55.6 Å². The molecule has 30 heavy (non-hydrogen) atoms. The summed E-state index contributed by atoms with van der Waals surface area (Å²) in [5, 5.41) is 4.63. The van der Waals surface area contributed by atoms with Gasteiger partial charge in [0.1, 0.15) is 10.8 Å². The summed E-state index contributed by atoms with van der Waals surface area (Å²) in [6, 6.07) is 19.0. The number of rotatable bonds is 4. The Balaban J connectivity index is 1.85. The number of methoxy groups -OCH3 is 1. The van der Waals surface area contributed by atoms with E-state index in [1.807, 2.05) is 18.2 Å². The lowest BCUT2D eigenvalue weighted by atomic mass is 10.1. The molecule has 0 aliphatic carbocycles. The van der Waals surface area contributed by atoms with Gasteiger partial charge in [0.15, 0.2) is 5.43 Å². The van der Waals surface area contributed by atoms with Crippen molar-refractivity contribution in [2.75, 3.05) is 12.4 Å². The number of hydrogen-bond donors (Lipinski definition) is 1. The fourth-order valence-electron chi connectivity index (χ4n) is 3.06. The largest absolute Gasteiger partial charge is 0.497 e. The van der Waals surface area contributed by atoms with Crippen molar-refractivity contribution in [1.82, 2.24) is 0 Å². The number of hydrogen-bond acceptors (Lipinski definition) is 4. The molecule has 0 saturated carbocycles. The zero-order chi connectivity index (χ0) is 21.3. The first kappa shape index (κ1) is 20.4. The Hall–Kier alpha value is -2.86. The second-order valence-electron chi connectivity index (χ2n) is 6.44. The van der Waals surface area contributed by atoms with Crippen LogP contribution in [0.3, 0.4) is 0 Å². The molecule has 1 heterocycles. The molecule has 0 radical (unpaired) electrons. The predicted molar refractivity (Wildman–Crippen MR) is 124 cm³/mol. The lowest BCUT2D eigenvalue weighted by Crippen LogP contribution is -2.15. The molecule has 4 aromatic rings. The molecule has 3 aromatic carbocycles. The minimum atomic E-state index is -0.329. The molecule has 0 bridgehead atoms. The van der Waals surface area contributed by atoms with Crippen molar-refractivity contribution in [2.24, 2.45) is 0 Å². The van der Waals surface area contributed by atoms with E-state index in [9.17, 15) is 9.59 Å². The maximum Gasteiger partial charge on any atom is 0.256 e. The number of halogens is 2. The monoisotopic (exact) mass is 455 g/mol. The van der Waals surface area contributed by atoms with E-state index in [0.29, 0.717) is 42.9 Å². The van der Waals surface area contributed by atoms with Gasteiger partial charge in [-0.1, -0.05) is 41.4 Å². The highest BCUT2D eigenvalue weighted by atomic mass is 35.5. The Morgan fingerprint density at radius 2 is 1.70 bits per heavy atom. The summed E-state index contributed by atoms with van der Waals surface area (Å²) in [4.78, 5) is 26.2. The topological polar surface area (TPSA) is 55.4 Å². The van der Waals surface area contributed by atoms with Gasteiger partial charge in [0, 0.05) is 15.6 Å². The number of amides is 1. The molecule has 0 spiro atoms. The summed E-state index contributed by atoms with van der Waals surface area (Å²) in [7, 11) is 1.56. The fraction of sp³-hybridized carbons (Fsp3) is 0.0435. The van der Waals surface area contributed by atoms with Crippen LogP contribution in [0.5, 0.6) is 5.75 Å². The summed E-state index contributed by atoms with van der Waals surface area (Å²) >= 11 is 13.6. The molecule has 0 aliphatic heterocycles. The van der Waals surface area contributed by atoms with Crippen molar-refractivity contribution in [3.05, 3.63) is 92.6 Å². The van der Waals surface area contributed by atoms with Crippen molar-refractivity contribution >= 4 is 55.5 Å². The Labute approximate surface area is 186 Å². The van der Waals surface area contributed by atoms with Crippen LogP contribution in [0.25, 0.3) is 21.2 Å². The number of nitrogens with one attached hydrogen (secondary N) is 1. The first-order valence-corrected chi connectivity index (χ1v) is 10.5. The smallest absolute Gasteiger partial charge is 0.256 e. The van der Waals surface area contributed by atoms with Gasteiger partial charge in [-0.2, -0.15) is 0 Å². The van der Waals surface area contributed by atoms with Crippen LogP contribution in [0.4, 0.5) is 5.00 Å². The average Bonchev–Trinajstić information content (AvgIpc) is 2.76. The zero-order valence-electron chi connectivity index (χ0n) is 15.7. The number of anilines is 1. The molecule has 1 N–H and O–H groups in total. The van der Waals surface area contributed by atoms with E-state index < -0.39 is 0 Å². The van der Waals surface area contributed by atoms with Crippen molar-refractivity contribution in [3.63, 3.8) is 0 Å². The van der Waals surface area contributed by atoms with E-state index in [4.69, 9.17) is 27.9 Å². The first-order valence-electron chi connectivity index (χ1n) is 8.94. The van der Waals surface area contributed by atoms with Crippen molar-refractivity contribution in [1.29, 1.82) is 0 Å². The van der Waals surface area contributed by atoms with Gasteiger partial charge in [0.25, 0.3) is 5.91 Å². The predicted octanol–water partition coefficient (Wildman–Crippen LogP) is 6.50. The summed E-state index contributed by atoms with van der Waals surface area (Å²) in [5.41, 5.74) is 1.22. The molecule has 0 atom stereocenters. The van der Waals surface area contributed by atoms with Gasteiger partial charge in [0.2, 0.25) is 0 Å². The van der Waals surface area contributed by atoms with E-state index >= 15 is 0 Å². The molecule has 0 unspecified atom stereocenters. The first-order chi connectivity index (χ1) is 14.5. The summed E-state index contributed by atoms with van der Waals surface area (Å²) in [5.74, 6) is 0.323. The van der Waals surface area contributed by atoms with Gasteiger partial charge >= 0.3 is 0 Å². The van der Waals surface area contributed by atoms with Crippen LogP contribution in [0.15, 0.2) is 71.5 Å². The van der Waals surface area contributed by atoms with Gasteiger partial charge in [-0.3, -0.25) is 9.59 Å². The summed E-state index contributed by atoms with van der Waals surface area (Å²) < 4.78 is 5.91. The van der Waals surface area contributed by atoms with E-state index in [2.05, 4.69) is 5.32 Å². The molecule has 7 heteroatoms. The SMILES string of the molecule is COc1ccc(C(=O)Nc2sc3ccccc3c(=O)c2-c2ccc(Cl)c(Cl)c2)cc1. The highest BCUT2D eigenvalue weighted by Gasteiger charge is 2.18. The van der Waals surface area contributed by atoms with Gasteiger partial charge in [-0.05, 0) is 54.1 Å². The maximum absolute atomic E-state index is 13.3. The third kappa shape index (κ3) is 3.92. The van der Waals surface area contributed by atoms with Crippen molar-refractivity contribution < 1.29 is 9.53 Å². The van der Waals surface area contributed by atoms with Gasteiger partial charge in [-0.25, -0.2) is 0 Å². The molecular formula is C23H15Cl2NO3S. The van der Waals surface area contributed by atoms with Gasteiger partial charge in [0.05, 0.1) is 22.7 Å². The summed E-state index contributed by atoms with van der Waals surface area (Å²) in [6.45, 7) is 0. The van der Waals surface area contributed by atoms with E-state index in [1.165, 1.54) is 11.3 Å². The number of ether oxygens (including phenoxy) is 1. The van der Waals surface area contributed by atoms with Crippen LogP contribution >= 0.6 is 34.5 Å². The van der Waals surface area contributed by atoms with Crippen molar-refractivity contribution in [3.8, 4) is 16.9 Å². The molecule has 0 saturated heterocycles. The van der Waals surface area contributed by atoms with Crippen LogP contribution in [-0.2, 0) is 0 Å². The third-order valence-corrected chi connectivity index (χ3v) is 6.41. The highest BCUT2D eigenvalue weighted by molar-refractivity contribution is 7.22. The van der Waals surface area contributed by atoms with Crippen LogP contribution in [0.1, 0.15) is 10.4 Å². The number of carbonyl (C=O) groups is 1. The second kappa shape index (κ2) is 8.48. The molecule has 0 aliphatic rings. The Morgan fingerprint density at radius 1 is 0.967 bits per heavy atom. The number of fused-ring (bicyclic) bond motifs is 1. The number of benzene rings is 3. The van der Waals surface area contributed by atoms with E-state index in [0.717, 1.165) is 4.70 Å². The van der Waals surface area contributed by atoms with Crippen LogP contribution in [-0.4, -0.2) is 13.0 Å². The summed E-state index contributed by atoms with van der Waals surface area (Å²) in [6.07, 6.45) is 0. The average molecular weight is 456 g/mol. The minimum absolute atomic E-state index is 0.187. The maximum atomic E-state index is 13.3. The normalized spacial score (nSPS) is 10.8. The fourth-order valence-corrected chi connectivity index (χ4v) is 4.45. The quantitative estimate of drug-likeness (QED) is 0.382. The van der Waals surface area contributed by atoms with Gasteiger partial charge < -0.3 is 10.1 Å². The van der Waals surface area contributed by atoms with E-state index in [-0.39, 0.29) is 11.3 Å². The minimum Gasteiger partial charge on any atom is -0.497 e. The molecule has 4 nitrogen and oxygen atoms in total.